The lowest BCUT2D eigenvalue weighted by molar-refractivity contribution is 0.669. The number of hydrogen-bond acceptors (Lipinski definition) is 1. The van der Waals surface area contributed by atoms with Crippen molar-refractivity contribution in [3.05, 3.63) is 119 Å². The molecule has 33 heavy (non-hydrogen) atoms. The second-order valence-corrected chi connectivity index (χ2v) is 9.38. The lowest BCUT2D eigenvalue weighted by Gasteiger charge is -2.08. The van der Waals surface area contributed by atoms with Gasteiger partial charge in [0.15, 0.2) is 0 Å². The van der Waals surface area contributed by atoms with Gasteiger partial charge in [0.2, 0.25) is 0 Å². The van der Waals surface area contributed by atoms with Crippen molar-refractivity contribution in [3.8, 4) is 33.4 Å². The Morgan fingerprint density at radius 3 is 1.79 bits per heavy atom. The van der Waals surface area contributed by atoms with Gasteiger partial charge in [-0.3, -0.25) is 0 Å². The summed E-state index contributed by atoms with van der Waals surface area (Å²) in [5.74, 6) is 0. The van der Waals surface area contributed by atoms with Crippen LogP contribution in [0.2, 0.25) is 5.02 Å². The Bertz CT molecular complexity index is 1610. The van der Waals surface area contributed by atoms with Gasteiger partial charge in [0.1, 0.15) is 11.2 Å². The molecule has 0 spiro atoms. The van der Waals surface area contributed by atoms with Gasteiger partial charge in [-0.1, -0.05) is 94.3 Å². The van der Waals surface area contributed by atoms with Gasteiger partial charge in [0.25, 0.3) is 0 Å². The first-order chi connectivity index (χ1) is 16.2. The first kappa shape index (κ1) is 20.3. The monoisotopic (exact) mass is 508 g/mol. The van der Waals surface area contributed by atoms with Crippen molar-refractivity contribution in [1.29, 1.82) is 0 Å². The fraction of sp³-hybridized carbons (Fsp3) is 0. The molecule has 3 heteroatoms. The van der Waals surface area contributed by atoms with Crippen molar-refractivity contribution in [2.45, 2.75) is 0 Å². The maximum atomic E-state index is 6.03. The minimum Gasteiger partial charge on any atom is -0.456 e. The molecule has 0 radical (unpaired) electrons. The average Bonchev–Trinajstić information content (AvgIpc) is 3.24. The van der Waals surface area contributed by atoms with Crippen molar-refractivity contribution >= 4 is 49.5 Å². The zero-order valence-electron chi connectivity index (χ0n) is 17.6. The molecule has 0 N–H and O–H groups in total. The van der Waals surface area contributed by atoms with E-state index in [1.165, 1.54) is 27.8 Å². The quantitative estimate of drug-likeness (QED) is 0.231. The SMILES string of the molecule is Clc1ccc(-c2ccc(-c3cccc(-c4ccc5oc6cccc(Br)c6c5c4)c3)cc2)cc1. The van der Waals surface area contributed by atoms with Crippen LogP contribution in [0.1, 0.15) is 0 Å². The van der Waals surface area contributed by atoms with Crippen LogP contribution in [0.5, 0.6) is 0 Å². The molecule has 0 bridgehead atoms. The molecule has 0 atom stereocenters. The highest BCUT2D eigenvalue weighted by molar-refractivity contribution is 9.10. The van der Waals surface area contributed by atoms with Gasteiger partial charge in [0.05, 0.1) is 0 Å². The van der Waals surface area contributed by atoms with Crippen molar-refractivity contribution < 1.29 is 4.42 Å². The van der Waals surface area contributed by atoms with Crippen molar-refractivity contribution in [1.82, 2.24) is 0 Å². The van der Waals surface area contributed by atoms with Gasteiger partial charge in [-0.15, -0.1) is 0 Å². The summed E-state index contributed by atoms with van der Waals surface area (Å²) in [7, 11) is 0. The first-order valence-corrected chi connectivity index (χ1v) is 11.9. The molecular weight excluding hydrogens is 492 g/mol. The number of fused-ring (bicyclic) bond motifs is 3. The highest BCUT2D eigenvalue weighted by Crippen LogP contribution is 2.37. The lowest BCUT2D eigenvalue weighted by Crippen LogP contribution is -1.83. The minimum atomic E-state index is 0.751. The third-order valence-electron chi connectivity index (χ3n) is 6.04. The molecule has 5 aromatic carbocycles. The summed E-state index contributed by atoms with van der Waals surface area (Å²) < 4.78 is 7.08. The zero-order chi connectivity index (χ0) is 22.4. The highest BCUT2D eigenvalue weighted by Gasteiger charge is 2.11. The summed E-state index contributed by atoms with van der Waals surface area (Å²) in [5.41, 5.74) is 8.85. The third kappa shape index (κ3) is 3.76. The molecule has 0 saturated carbocycles. The molecule has 1 heterocycles. The average molecular weight is 510 g/mol. The van der Waals surface area contributed by atoms with Crippen LogP contribution in [0.15, 0.2) is 118 Å². The van der Waals surface area contributed by atoms with Crippen LogP contribution in [0.4, 0.5) is 0 Å². The maximum absolute atomic E-state index is 6.03. The van der Waals surface area contributed by atoms with Crippen LogP contribution >= 0.6 is 27.5 Å². The van der Waals surface area contributed by atoms with E-state index in [0.717, 1.165) is 37.0 Å². The number of rotatable bonds is 3. The smallest absolute Gasteiger partial charge is 0.136 e. The minimum absolute atomic E-state index is 0.751. The Balaban J connectivity index is 1.38. The molecule has 0 aliphatic carbocycles. The zero-order valence-corrected chi connectivity index (χ0v) is 19.9. The molecule has 6 aromatic rings. The maximum Gasteiger partial charge on any atom is 0.136 e. The lowest BCUT2D eigenvalue weighted by atomic mass is 9.96. The number of furan rings is 1. The first-order valence-electron chi connectivity index (χ1n) is 10.7. The standard InChI is InChI=1S/C30H18BrClO/c31-27-5-2-6-29-30(27)26-18-24(13-16-28(26)33-29)23-4-1-3-22(17-23)21-9-7-19(8-10-21)20-11-14-25(32)15-12-20/h1-18H. The topological polar surface area (TPSA) is 13.1 Å². The number of benzene rings is 5. The predicted octanol–water partition coefficient (Wildman–Crippen LogP) is 10.0. The molecule has 0 amide bonds. The highest BCUT2D eigenvalue weighted by atomic mass is 79.9. The van der Waals surface area contributed by atoms with Crippen LogP contribution in [-0.2, 0) is 0 Å². The van der Waals surface area contributed by atoms with Crippen molar-refractivity contribution in [2.75, 3.05) is 0 Å². The molecule has 0 saturated heterocycles. The third-order valence-corrected chi connectivity index (χ3v) is 6.95. The normalized spacial score (nSPS) is 11.3. The Hall–Kier alpha value is -3.33. The van der Waals surface area contributed by atoms with E-state index in [1.54, 1.807) is 0 Å². The molecule has 1 nitrogen and oxygen atoms in total. The van der Waals surface area contributed by atoms with Crippen molar-refractivity contribution in [2.24, 2.45) is 0 Å². The van der Waals surface area contributed by atoms with Crippen molar-refractivity contribution in [3.63, 3.8) is 0 Å². The van der Waals surface area contributed by atoms with E-state index < -0.39 is 0 Å². The van der Waals surface area contributed by atoms with Crippen LogP contribution in [0.25, 0.3) is 55.3 Å². The van der Waals surface area contributed by atoms with Crippen LogP contribution < -0.4 is 0 Å². The fourth-order valence-electron chi connectivity index (χ4n) is 4.34. The Morgan fingerprint density at radius 1 is 0.515 bits per heavy atom. The summed E-state index contributed by atoms with van der Waals surface area (Å²) in [6.07, 6.45) is 0. The van der Waals surface area contributed by atoms with Gasteiger partial charge in [-0.2, -0.15) is 0 Å². The van der Waals surface area contributed by atoms with Gasteiger partial charge in [0, 0.05) is 20.3 Å². The largest absolute Gasteiger partial charge is 0.456 e. The molecule has 0 unspecified atom stereocenters. The van der Waals surface area contributed by atoms with E-state index in [9.17, 15) is 0 Å². The molecule has 6 rings (SSSR count). The molecular formula is C30H18BrClO. The summed E-state index contributed by atoms with van der Waals surface area (Å²) in [6.45, 7) is 0. The van der Waals surface area contributed by atoms with E-state index in [0.29, 0.717) is 0 Å². The van der Waals surface area contributed by atoms with E-state index in [-0.39, 0.29) is 0 Å². The second-order valence-electron chi connectivity index (χ2n) is 8.09. The summed E-state index contributed by atoms with van der Waals surface area (Å²) in [6, 6.07) is 37.7. The Morgan fingerprint density at radius 2 is 1.06 bits per heavy atom. The molecule has 1 aromatic heterocycles. The Kier molecular flexibility index (Phi) is 5.05. The van der Waals surface area contributed by atoms with Gasteiger partial charge < -0.3 is 4.42 Å². The number of halogens is 2. The van der Waals surface area contributed by atoms with Gasteiger partial charge >= 0.3 is 0 Å². The van der Waals surface area contributed by atoms with Gasteiger partial charge in [-0.05, 0) is 75.8 Å². The van der Waals surface area contributed by atoms with Crippen LogP contribution in [-0.4, -0.2) is 0 Å². The van der Waals surface area contributed by atoms with E-state index in [2.05, 4.69) is 88.7 Å². The summed E-state index contributed by atoms with van der Waals surface area (Å²) in [4.78, 5) is 0. The van der Waals surface area contributed by atoms with E-state index in [1.807, 2.05) is 36.4 Å². The molecule has 0 aliphatic heterocycles. The second kappa shape index (κ2) is 8.22. The van der Waals surface area contributed by atoms with E-state index in [4.69, 9.17) is 16.0 Å². The summed E-state index contributed by atoms with van der Waals surface area (Å²) >= 11 is 9.70. The molecule has 0 fully saturated rings. The summed E-state index contributed by atoms with van der Waals surface area (Å²) in [5, 5.41) is 2.98. The molecule has 0 aliphatic rings. The molecule has 158 valence electrons. The van der Waals surface area contributed by atoms with Crippen LogP contribution in [0.3, 0.4) is 0 Å². The number of hydrogen-bond donors (Lipinski definition) is 0. The van der Waals surface area contributed by atoms with Gasteiger partial charge in [-0.25, -0.2) is 0 Å². The Labute approximate surface area is 205 Å². The van der Waals surface area contributed by atoms with E-state index >= 15 is 0 Å². The predicted molar refractivity (Wildman–Crippen MR) is 143 cm³/mol. The van der Waals surface area contributed by atoms with Crippen LogP contribution in [0, 0.1) is 0 Å². The fourth-order valence-corrected chi connectivity index (χ4v) is 5.03.